The Labute approximate surface area is 144 Å². The third-order valence-corrected chi connectivity index (χ3v) is 6.57. The third-order valence-electron chi connectivity index (χ3n) is 6.57. The van der Waals surface area contributed by atoms with Crippen molar-refractivity contribution in [3.05, 3.63) is 23.8 Å². The molecule has 1 aromatic rings. The molecule has 3 fully saturated rings. The van der Waals surface area contributed by atoms with Crippen LogP contribution in [0.1, 0.15) is 37.7 Å². The van der Waals surface area contributed by atoms with Crippen LogP contribution in [0.4, 0.5) is 0 Å². The van der Waals surface area contributed by atoms with Crippen molar-refractivity contribution in [3.63, 3.8) is 0 Å². The Balaban J connectivity index is 1.36. The normalized spacial score (nSPS) is 33.7. The molecule has 0 aliphatic heterocycles. The zero-order valence-corrected chi connectivity index (χ0v) is 14.5. The lowest BCUT2D eigenvalue weighted by atomic mass is 9.79. The van der Waals surface area contributed by atoms with Crippen molar-refractivity contribution < 1.29 is 14.6 Å². The van der Waals surface area contributed by atoms with Gasteiger partial charge in [-0.1, -0.05) is 12.5 Å². The van der Waals surface area contributed by atoms with Crippen molar-refractivity contribution in [3.8, 4) is 11.5 Å². The molecule has 0 amide bonds. The molecule has 0 saturated heterocycles. The van der Waals surface area contributed by atoms with E-state index in [1.165, 1.54) is 37.7 Å². The van der Waals surface area contributed by atoms with E-state index in [0.717, 1.165) is 36.0 Å². The van der Waals surface area contributed by atoms with Crippen LogP contribution in [0.25, 0.3) is 0 Å². The molecule has 1 aromatic carbocycles. The Morgan fingerprint density at radius 1 is 1.12 bits per heavy atom. The van der Waals surface area contributed by atoms with Gasteiger partial charge in [-0.2, -0.15) is 0 Å². The fourth-order valence-corrected chi connectivity index (χ4v) is 5.65. The number of methoxy groups -OCH3 is 1. The maximum absolute atomic E-state index is 8.89. The number of fused-ring (bicyclic) bond motifs is 5. The molecule has 0 heterocycles. The summed E-state index contributed by atoms with van der Waals surface area (Å²) in [5.41, 5.74) is 1.23. The number of aliphatic hydroxyl groups excluding tert-OH is 1. The Bertz CT molecular complexity index is 576. The van der Waals surface area contributed by atoms with Crippen LogP contribution in [0.5, 0.6) is 11.5 Å². The van der Waals surface area contributed by atoms with Gasteiger partial charge in [0.2, 0.25) is 0 Å². The fourth-order valence-electron chi connectivity index (χ4n) is 5.65. The average Bonchev–Trinajstić information content (AvgIpc) is 3.31. The van der Waals surface area contributed by atoms with Crippen LogP contribution in [-0.2, 0) is 6.54 Å². The van der Waals surface area contributed by atoms with E-state index in [4.69, 9.17) is 14.6 Å². The monoisotopic (exact) mass is 331 g/mol. The molecule has 24 heavy (non-hydrogen) atoms. The second-order valence-electron chi connectivity index (χ2n) is 7.70. The van der Waals surface area contributed by atoms with Crippen LogP contribution in [0.2, 0.25) is 0 Å². The van der Waals surface area contributed by atoms with E-state index in [1.54, 1.807) is 7.11 Å². The molecule has 2 N–H and O–H groups in total. The number of ether oxygens (including phenoxy) is 2. The molecule has 4 nitrogen and oxygen atoms in total. The predicted octanol–water partition coefficient (Wildman–Crippen LogP) is 2.98. The van der Waals surface area contributed by atoms with Gasteiger partial charge < -0.3 is 19.9 Å². The van der Waals surface area contributed by atoms with Gasteiger partial charge in [0.1, 0.15) is 6.61 Å². The zero-order valence-electron chi connectivity index (χ0n) is 14.5. The van der Waals surface area contributed by atoms with E-state index >= 15 is 0 Å². The topological polar surface area (TPSA) is 50.7 Å². The van der Waals surface area contributed by atoms with Crippen molar-refractivity contribution in [2.75, 3.05) is 20.3 Å². The first kappa shape index (κ1) is 16.2. The first-order valence-corrected chi connectivity index (χ1v) is 9.44. The van der Waals surface area contributed by atoms with Gasteiger partial charge in [0.05, 0.1) is 13.7 Å². The smallest absolute Gasteiger partial charge is 0.161 e. The molecular formula is C20H29NO3. The van der Waals surface area contributed by atoms with Crippen molar-refractivity contribution in [2.45, 2.75) is 44.7 Å². The SMILES string of the molecule is COc1cc(CNC2CC3CC2C2CCCC32)ccc1OCCO. The number of aliphatic hydroxyl groups is 1. The third kappa shape index (κ3) is 2.91. The quantitative estimate of drug-likeness (QED) is 0.806. The van der Waals surface area contributed by atoms with Crippen molar-refractivity contribution in [2.24, 2.45) is 23.7 Å². The lowest BCUT2D eigenvalue weighted by Gasteiger charge is -2.32. The first-order chi connectivity index (χ1) is 11.8. The molecule has 5 atom stereocenters. The van der Waals surface area contributed by atoms with E-state index in [9.17, 15) is 0 Å². The van der Waals surface area contributed by atoms with Crippen LogP contribution in [0.15, 0.2) is 18.2 Å². The van der Waals surface area contributed by atoms with E-state index in [-0.39, 0.29) is 6.61 Å². The molecule has 4 heteroatoms. The molecule has 3 aliphatic carbocycles. The van der Waals surface area contributed by atoms with Crippen molar-refractivity contribution in [1.29, 1.82) is 0 Å². The molecule has 132 valence electrons. The Kier molecular flexibility index (Phi) is 4.68. The molecule has 5 unspecified atom stereocenters. The van der Waals surface area contributed by atoms with E-state index in [0.29, 0.717) is 18.4 Å². The largest absolute Gasteiger partial charge is 0.493 e. The lowest BCUT2D eigenvalue weighted by Crippen LogP contribution is -2.38. The van der Waals surface area contributed by atoms with Crippen LogP contribution >= 0.6 is 0 Å². The fraction of sp³-hybridized carbons (Fsp3) is 0.700. The highest BCUT2D eigenvalue weighted by Gasteiger charge is 2.53. The van der Waals surface area contributed by atoms with Gasteiger partial charge in [0.25, 0.3) is 0 Å². The zero-order chi connectivity index (χ0) is 16.5. The van der Waals surface area contributed by atoms with Gasteiger partial charge >= 0.3 is 0 Å². The van der Waals surface area contributed by atoms with Crippen LogP contribution in [0.3, 0.4) is 0 Å². The molecular weight excluding hydrogens is 302 g/mol. The standard InChI is InChI=1S/C20H29NO3/c1-23-20-9-13(5-6-19(20)24-8-7-22)12-21-18-11-14-10-17(18)16-4-2-3-15(14)16/h5-6,9,14-18,21-22H,2-4,7-8,10-12H2,1H3. The highest BCUT2D eigenvalue weighted by molar-refractivity contribution is 5.43. The van der Waals surface area contributed by atoms with Gasteiger partial charge in [-0.25, -0.2) is 0 Å². The number of hydrogen-bond acceptors (Lipinski definition) is 4. The summed E-state index contributed by atoms with van der Waals surface area (Å²) in [5.74, 6) is 5.40. The summed E-state index contributed by atoms with van der Waals surface area (Å²) in [6.45, 7) is 1.20. The number of hydrogen-bond donors (Lipinski definition) is 2. The van der Waals surface area contributed by atoms with Crippen molar-refractivity contribution >= 4 is 0 Å². The van der Waals surface area contributed by atoms with E-state index < -0.39 is 0 Å². The van der Waals surface area contributed by atoms with Crippen LogP contribution in [-0.4, -0.2) is 31.5 Å². The second-order valence-corrected chi connectivity index (χ2v) is 7.70. The number of benzene rings is 1. The Morgan fingerprint density at radius 3 is 2.83 bits per heavy atom. The number of rotatable bonds is 7. The molecule has 4 rings (SSSR count). The summed E-state index contributed by atoms with van der Waals surface area (Å²) >= 11 is 0. The van der Waals surface area contributed by atoms with Gasteiger partial charge in [-0.15, -0.1) is 0 Å². The van der Waals surface area contributed by atoms with Crippen LogP contribution < -0.4 is 14.8 Å². The van der Waals surface area contributed by atoms with E-state index in [1.807, 2.05) is 12.1 Å². The van der Waals surface area contributed by atoms with Crippen LogP contribution in [0, 0.1) is 23.7 Å². The molecule has 0 radical (unpaired) electrons. The van der Waals surface area contributed by atoms with Gasteiger partial charge in [0.15, 0.2) is 11.5 Å². The average molecular weight is 331 g/mol. The van der Waals surface area contributed by atoms with Gasteiger partial charge in [0, 0.05) is 12.6 Å². The minimum absolute atomic E-state index is 0.0128. The summed E-state index contributed by atoms with van der Waals surface area (Å²) in [6.07, 6.45) is 7.26. The summed E-state index contributed by atoms with van der Waals surface area (Å²) in [4.78, 5) is 0. The molecule has 3 aliphatic rings. The molecule has 2 bridgehead atoms. The summed E-state index contributed by atoms with van der Waals surface area (Å²) in [6, 6.07) is 6.78. The minimum atomic E-state index is 0.0128. The summed E-state index contributed by atoms with van der Waals surface area (Å²) in [5, 5.41) is 12.7. The lowest BCUT2D eigenvalue weighted by molar-refractivity contribution is 0.196. The minimum Gasteiger partial charge on any atom is -0.493 e. The predicted molar refractivity (Wildman–Crippen MR) is 93.2 cm³/mol. The maximum atomic E-state index is 8.89. The molecule has 3 saturated carbocycles. The Hall–Kier alpha value is -1.26. The number of nitrogens with one attached hydrogen (secondary N) is 1. The second kappa shape index (κ2) is 6.93. The molecule has 0 spiro atoms. The summed E-state index contributed by atoms with van der Waals surface area (Å²) in [7, 11) is 1.66. The summed E-state index contributed by atoms with van der Waals surface area (Å²) < 4.78 is 10.9. The first-order valence-electron chi connectivity index (χ1n) is 9.44. The van der Waals surface area contributed by atoms with E-state index in [2.05, 4.69) is 11.4 Å². The highest BCUT2D eigenvalue weighted by Crippen LogP contribution is 2.58. The van der Waals surface area contributed by atoms with Gasteiger partial charge in [-0.05, 0) is 67.1 Å². The molecule has 0 aromatic heterocycles. The van der Waals surface area contributed by atoms with Crippen molar-refractivity contribution in [1.82, 2.24) is 5.32 Å². The highest BCUT2D eigenvalue weighted by atomic mass is 16.5. The van der Waals surface area contributed by atoms with Gasteiger partial charge in [-0.3, -0.25) is 0 Å². The maximum Gasteiger partial charge on any atom is 0.161 e. The Morgan fingerprint density at radius 2 is 2.00 bits per heavy atom.